The summed E-state index contributed by atoms with van der Waals surface area (Å²) in [6.07, 6.45) is 11.3. The largest absolute Gasteiger partial charge is 0.501 e. The Morgan fingerprint density at radius 3 is 2.56 bits per heavy atom. The molecule has 0 bridgehead atoms. The normalized spacial score (nSPS) is 26.8. The van der Waals surface area contributed by atoms with Crippen LogP contribution in [0.5, 0.6) is 0 Å². The van der Waals surface area contributed by atoms with E-state index in [1.165, 1.54) is 50.5 Å². The summed E-state index contributed by atoms with van der Waals surface area (Å²) in [5, 5.41) is 3.53. The molecular formula is C14H25NO. The second-order valence-corrected chi connectivity index (χ2v) is 5.60. The van der Waals surface area contributed by atoms with Gasteiger partial charge in [-0.25, -0.2) is 0 Å². The maximum atomic E-state index is 5.50. The van der Waals surface area contributed by atoms with Crippen LogP contribution in [0.25, 0.3) is 0 Å². The highest BCUT2D eigenvalue weighted by molar-refractivity contribution is 5.15. The quantitative estimate of drug-likeness (QED) is 0.793. The molecule has 16 heavy (non-hydrogen) atoms. The fraction of sp³-hybridized carbons (Fsp3) is 0.857. The molecule has 1 aliphatic heterocycles. The SMILES string of the molecule is CNC(C1=COCCC1)C1(C)CCCCC1. The van der Waals surface area contributed by atoms with Crippen molar-refractivity contribution in [1.29, 1.82) is 0 Å². The lowest BCUT2D eigenvalue weighted by Gasteiger charge is -2.42. The molecule has 2 nitrogen and oxygen atoms in total. The van der Waals surface area contributed by atoms with Crippen LogP contribution in [0, 0.1) is 5.41 Å². The van der Waals surface area contributed by atoms with Crippen LogP contribution in [0.3, 0.4) is 0 Å². The van der Waals surface area contributed by atoms with Gasteiger partial charge in [0.1, 0.15) is 0 Å². The molecule has 1 fully saturated rings. The van der Waals surface area contributed by atoms with Gasteiger partial charge < -0.3 is 10.1 Å². The lowest BCUT2D eigenvalue weighted by molar-refractivity contribution is 0.151. The third-order valence-electron chi connectivity index (χ3n) is 4.31. The van der Waals surface area contributed by atoms with Crippen molar-refractivity contribution in [1.82, 2.24) is 5.32 Å². The van der Waals surface area contributed by atoms with Gasteiger partial charge in [-0.1, -0.05) is 26.2 Å². The summed E-state index contributed by atoms with van der Waals surface area (Å²) in [6, 6.07) is 0.521. The average Bonchev–Trinajstić information content (AvgIpc) is 2.32. The van der Waals surface area contributed by atoms with Crippen molar-refractivity contribution >= 4 is 0 Å². The van der Waals surface area contributed by atoms with Gasteiger partial charge >= 0.3 is 0 Å². The van der Waals surface area contributed by atoms with Gasteiger partial charge in [0.05, 0.1) is 12.9 Å². The predicted octanol–water partition coefficient (Wildman–Crippen LogP) is 3.24. The second kappa shape index (κ2) is 5.22. The van der Waals surface area contributed by atoms with Crippen molar-refractivity contribution in [2.24, 2.45) is 5.41 Å². The Labute approximate surface area is 99.4 Å². The average molecular weight is 223 g/mol. The molecule has 0 amide bonds. The van der Waals surface area contributed by atoms with Gasteiger partial charge in [-0.15, -0.1) is 0 Å². The van der Waals surface area contributed by atoms with E-state index in [-0.39, 0.29) is 0 Å². The molecule has 1 saturated carbocycles. The van der Waals surface area contributed by atoms with Gasteiger partial charge in [-0.3, -0.25) is 0 Å². The molecule has 2 rings (SSSR count). The Kier molecular flexibility index (Phi) is 3.91. The number of hydrogen-bond acceptors (Lipinski definition) is 2. The van der Waals surface area contributed by atoms with E-state index in [2.05, 4.69) is 19.3 Å². The van der Waals surface area contributed by atoms with Crippen LogP contribution in [0.15, 0.2) is 11.8 Å². The zero-order valence-corrected chi connectivity index (χ0v) is 10.7. The van der Waals surface area contributed by atoms with E-state index in [1.807, 2.05) is 6.26 Å². The van der Waals surface area contributed by atoms with Gasteiger partial charge in [-0.05, 0) is 43.7 Å². The fourth-order valence-electron chi connectivity index (χ4n) is 3.43. The minimum absolute atomic E-state index is 0.444. The third kappa shape index (κ3) is 2.42. The van der Waals surface area contributed by atoms with Gasteiger partial charge in [-0.2, -0.15) is 0 Å². The van der Waals surface area contributed by atoms with Gasteiger partial charge in [0.2, 0.25) is 0 Å². The van der Waals surface area contributed by atoms with Gasteiger partial charge in [0, 0.05) is 6.04 Å². The molecule has 0 saturated heterocycles. The topological polar surface area (TPSA) is 21.3 Å². The van der Waals surface area contributed by atoms with Gasteiger partial charge in [0.25, 0.3) is 0 Å². The van der Waals surface area contributed by atoms with Gasteiger partial charge in [0.15, 0.2) is 0 Å². The number of likely N-dealkylation sites (N-methyl/N-ethyl adjacent to an activating group) is 1. The summed E-state index contributed by atoms with van der Waals surface area (Å²) in [5.41, 5.74) is 1.93. The lowest BCUT2D eigenvalue weighted by Crippen LogP contribution is -2.45. The molecule has 2 aliphatic rings. The van der Waals surface area contributed by atoms with Crippen molar-refractivity contribution in [3.63, 3.8) is 0 Å². The van der Waals surface area contributed by atoms with Crippen molar-refractivity contribution in [2.75, 3.05) is 13.7 Å². The maximum Gasteiger partial charge on any atom is 0.0876 e. The molecule has 1 N–H and O–H groups in total. The summed E-state index contributed by atoms with van der Waals surface area (Å²) >= 11 is 0. The minimum Gasteiger partial charge on any atom is -0.501 e. The van der Waals surface area contributed by atoms with Crippen molar-refractivity contribution in [2.45, 2.75) is 57.9 Å². The number of ether oxygens (including phenoxy) is 1. The third-order valence-corrected chi connectivity index (χ3v) is 4.31. The maximum absolute atomic E-state index is 5.50. The highest BCUT2D eigenvalue weighted by Crippen LogP contribution is 2.42. The summed E-state index contributed by atoms with van der Waals surface area (Å²) < 4.78 is 5.50. The van der Waals surface area contributed by atoms with Crippen LogP contribution in [0.4, 0.5) is 0 Å². The Balaban J connectivity index is 2.10. The van der Waals surface area contributed by atoms with E-state index in [9.17, 15) is 0 Å². The monoisotopic (exact) mass is 223 g/mol. The summed E-state index contributed by atoms with van der Waals surface area (Å²) in [7, 11) is 2.10. The van der Waals surface area contributed by atoms with Crippen molar-refractivity contribution in [3.05, 3.63) is 11.8 Å². The summed E-state index contributed by atoms with van der Waals surface area (Å²) in [6.45, 7) is 3.35. The molecule has 0 aromatic heterocycles. The number of hydrogen-bond donors (Lipinski definition) is 1. The van der Waals surface area contributed by atoms with E-state index >= 15 is 0 Å². The van der Waals surface area contributed by atoms with Crippen LogP contribution in [-0.4, -0.2) is 19.7 Å². The highest BCUT2D eigenvalue weighted by Gasteiger charge is 2.36. The van der Waals surface area contributed by atoms with Crippen LogP contribution in [0.2, 0.25) is 0 Å². The molecule has 0 aromatic rings. The molecule has 0 radical (unpaired) electrons. The van der Waals surface area contributed by atoms with E-state index < -0.39 is 0 Å². The van der Waals surface area contributed by atoms with Crippen LogP contribution in [-0.2, 0) is 4.74 Å². The van der Waals surface area contributed by atoms with E-state index in [1.54, 1.807) is 0 Å². The molecule has 1 unspecified atom stereocenters. The van der Waals surface area contributed by atoms with Crippen LogP contribution < -0.4 is 5.32 Å². The predicted molar refractivity (Wildman–Crippen MR) is 67.3 cm³/mol. The zero-order valence-electron chi connectivity index (χ0n) is 10.7. The molecule has 1 atom stereocenters. The molecule has 1 heterocycles. The van der Waals surface area contributed by atoms with E-state index in [0.29, 0.717) is 11.5 Å². The summed E-state index contributed by atoms with van der Waals surface area (Å²) in [4.78, 5) is 0. The first-order valence-corrected chi connectivity index (χ1v) is 6.74. The Bertz CT molecular complexity index is 253. The molecule has 0 aromatic carbocycles. The van der Waals surface area contributed by atoms with E-state index in [4.69, 9.17) is 4.74 Å². The first-order valence-electron chi connectivity index (χ1n) is 6.74. The second-order valence-electron chi connectivity index (χ2n) is 5.60. The summed E-state index contributed by atoms with van der Waals surface area (Å²) in [5.74, 6) is 0. The Morgan fingerprint density at radius 1 is 1.25 bits per heavy atom. The number of nitrogens with one attached hydrogen (secondary N) is 1. The van der Waals surface area contributed by atoms with E-state index in [0.717, 1.165) is 6.61 Å². The van der Waals surface area contributed by atoms with Crippen molar-refractivity contribution in [3.8, 4) is 0 Å². The lowest BCUT2D eigenvalue weighted by atomic mass is 9.68. The minimum atomic E-state index is 0.444. The number of rotatable bonds is 3. The van der Waals surface area contributed by atoms with Crippen molar-refractivity contribution < 1.29 is 4.74 Å². The zero-order chi connectivity index (χ0) is 11.4. The first-order chi connectivity index (χ1) is 7.76. The Morgan fingerprint density at radius 2 is 2.00 bits per heavy atom. The standard InChI is InChI=1S/C14H25NO/c1-14(8-4-3-5-9-14)13(15-2)12-7-6-10-16-11-12/h11,13,15H,3-10H2,1-2H3. The Hall–Kier alpha value is -0.500. The smallest absolute Gasteiger partial charge is 0.0876 e. The van der Waals surface area contributed by atoms with Crippen LogP contribution in [0.1, 0.15) is 51.9 Å². The molecule has 1 aliphatic carbocycles. The van der Waals surface area contributed by atoms with Crippen LogP contribution >= 0.6 is 0 Å². The fourth-order valence-corrected chi connectivity index (χ4v) is 3.43. The molecule has 0 spiro atoms. The molecular weight excluding hydrogens is 198 g/mol. The highest BCUT2D eigenvalue weighted by atomic mass is 16.5. The molecule has 2 heteroatoms. The molecule has 92 valence electrons. The first kappa shape index (κ1) is 12.0.